The van der Waals surface area contributed by atoms with Crippen LogP contribution in [0.5, 0.6) is 0 Å². The fraction of sp³-hybridized carbons (Fsp3) is 0.765. The molecule has 1 spiro atoms. The molecule has 3 aliphatic heterocycles. The number of morpholine rings is 1. The molecule has 3 aliphatic rings. The van der Waals surface area contributed by atoms with Crippen molar-refractivity contribution < 1.29 is 9.53 Å². The number of rotatable bonds is 2. The van der Waals surface area contributed by atoms with Gasteiger partial charge in [0.1, 0.15) is 5.01 Å². The highest BCUT2D eigenvalue weighted by Gasteiger charge is 2.43. The molecule has 0 aliphatic carbocycles. The van der Waals surface area contributed by atoms with Crippen LogP contribution in [0.15, 0.2) is 11.6 Å². The van der Waals surface area contributed by atoms with E-state index in [4.69, 9.17) is 4.74 Å². The lowest BCUT2D eigenvalue weighted by Gasteiger charge is -2.39. The van der Waals surface area contributed by atoms with Crippen LogP contribution >= 0.6 is 11.3 Å². The molecule has 4 rings (SSSR count). The van der Waals surface area contributed by atoms with Crippen molar-refractivity contribution in [1.82, 2.24) is 19.7 Å². The first kappa shape index (κ1) is 16.3. The first-order valence-electron chi connectivity index (χ1n) is 8.97. The molecule has 3 saturated heterocycles. The average Bonchev–Trinajstić information content (AvgIpc) is 3.28. The Morgan fingerprint density at radius 1 is 1.12 bits per heavy atom. The third kappa shape index (κ3) is 3.43. The van der Waals surface area contributed by atoms with E-state index in [-0.39, 0.29) is 6.03 Å². The van der Waals surface area contributed by atoms with Gasteiger partial charge in [-0.2, -0.15) is 0 Å². The molecule has 0 bridgehead atoms. The summed E-state index contributed by atoms with van der Waals surface area (Å²) in [4.78, 5) is 23.6. The largest absolute Gasteiger partial charge is 0.378 e. The van der Waals surface area contributed by atoms with Crippen molar-refractivity contribution >= 4 is 17.4 Å². The standard InChI is InChI=1S/C17H26N4O2S/c22-16(20-8-10-23-11-9-20)21-7-3-17(14-21)1-5-19(6-2-17)13-15-18-4-12-24-15/h4,12H,1-3,5-11,13-14H2. The number of hydrogen-bond donors (Lipinski definition) is 0. The molecule has 2 amide bonds. The Morgan fingerprint density at radius 3 is 2.58 bits per heavy atom. The number of amides is 2. The molecule has 0 atom stereocenters. The fourth-order valence-electron chi connectivity index (χ4n) is 4.17. The topological polar surface area (TPSA) is 48.9 Å². The molecule has 1 aromatic heterocycles. The van der Waals surface area contributed by atoms with Crippen LogP contribution in [0.1, 0.15) is 24.3 Å². The quantitative estimate of drug-likeness (QED) is 0.817. The lowest BCUT2D eigenvalue weighted by molar-refractivity contribution is 0.0427. The second-order valence-corrected chi connectivity index (χ2v) is 8.23. The molecule has 6 nitrogen and oxygen atoms in total. The van der Waals surface area contributed by atoms with Crippen LogP contribution in [-0.2, 0) is 11.3 Å². The van der Waals surface area contributed by atoms with Gasteiger partial charge in [-0.3, -0.25) is 4.90 Å². The highest BCUT2D eigenvalue weighted by molar-refractivity contribution is 7.09. The molecule has 0 radical (unpaired) electrons. The minimum absolute atomic E-state index is 0.223. The number of hydrogen-bond acceptors (Lipinski definition) is 5. The van der Waals surface area contributed by atoms with Crippen molar-refractivity contribution in [2.24, 2.45) is 5.41 Å². The minimum atomic E-state index is 0.223. The highest BCUT2D eigenvalue weighted by atomic mass is 32.1. The van der Waals surface area contributed by atoms with E-state index in [1.54, 1.807) is 11.3 Å². The van der Waals surface area contributed by atoms with E-state index >= 15 is 0 Å². The maximum absolute atomic E-state index is 12.7. The predicted molar refractivity (Wildman–Crippen MR) is 93.0 cm³/mol. The minimum Gasteiger partial charge on any atom is -0.378 e. The third-order valence-electron chi connectivity index (χ3n) is 5.75. The van der Waals surface area contributed by atoms with Crippen LogP contribution in [-0.4, -0.2) is 78.2 Å². The zero-order valence-electron chi connectivity index (χ0n) is 14.2. The summed E-state index contributed by atoms with van der Waals surface area (Å²) in [5.41, 5.74) is 0.349. The van der Waals surface area contributed by atoms with Gasteiger partial charge in [-0.25, -0.2) is 9.78 Å². The van der Waals surface area contributed by atoms with Crippen LogP contribution < -0.4 is 0 Å². The van der Waals surface area contributed by atoms with Crippen molar-refractivity contribution in [1.29, 1.82) is 0 Å². The molecular weight excluding hydrogens is 324 g/mol. The fourth-order valence-corrected chi connectivity index (χ4v) is 4.83. The molecule has 4 heterocycles. The molecule has 0 unspecified atom stereocenters. The Kier molecular flexibility index (Phi) is 4.74. The van der Waals surface area contributed by atoms with E-state index in [1.165, 1.54) is 17.8 Å². The average molecular weight is 350 g/mol. The molecule has 0 saturated carbocycles. The Hall–Kier alpha value is -1.18. The van der Waals surface area contributed by atoms with Gasteiger partial charge >= 0.3 is 6.03 Å². The number of carbonyl (C=O) groups is 1. The monoisotopic (exact) mass is 350 g/mol. The molecule has 1 aromatic rings. The first-order chi connectivity index (χ1) is 11.7. The van der Waals surface area contributed by atoms with Gasteiger partial charge in [-0.1, -0.05) is 0 Å². The second kappa shape index (κ2) is 6.98. The Bertz CT molecular complexity index is 551. The zero-order valence-corrected chi connectivity index (χ0v) is 15.0. The molecule has 24 heavy (non-hydrogen) atoms. The summed E-state index contributed by atoms with van der Waals surface area (Å²) in [5.74, 6) is 0. The summed E-state index contributed by atoms with van der Waals surface area (Å²) in [6.45, 7) is 7.92. The molecule has 7 heteroatoms. The number of ether oxygens (including phenoxy) is 1. The maximum atomic E-state index is 12.7. The van der Waals surface area contributed by atoms with E-state index in [2.05, 4.69) is 14.8 Å². The smallest absolute Gasteiger partial charge is 0.320 e. The van der Waals surface area contributed by atoms with Crippen molar-refractivity contribution in [2.45, 2.75) is 25.8 Å². The van der Waals surface area contributed by atoms with Crippen LogP contribution in [0.4, 0.5) is 4.79 Å². The Balaban J connectivity index is 1.29. The number of nitrogens with zero attached hydrogens (tertiary/aromatic N) is 4. The number of urea groups is 1. The van der Waals surface area contributed by atoms with Gasteiger partial charge in [0, 0.05) is 37.8 Å². The van der Waals surface area contributed by atoms with Crippen molar-refractivity contribution in [2.75, 3.05) is 52.5 Å². The number of piperidine rings is 1. The predicted octanol–water partition coefficient (Wildman–Crippen LogP) is 1.88. The van der Waals surface area contributed by atoms with Crippen molar-refractivity contribution in [3.05, 3.63) is 16.6 Å². The summed E-state index contributed by atoms with van der Waals surface area (Å²) < 4.78 is 5.35. The van der Waals surface area contributed by atoms with Gasteiger partial charge < -0.3 is 14.5 Å². The number of carbonyl (C=O) groups excluding carboxylic acids is 1. The van der Waals surface area contributed by atoms with E-state index < -0.39 is 0 Å². The van der Waals surface area contributed by atoms with Crippen LogP contribution in [0.3, 0.4) is 0 Å². The van der Waals surface area contributed by atoms with Crippen LogP contribution in [0.2, 0.25) is 0 Å². The van der Waals surface area contributed by atoms with Crippen LogP contribution in [0, 0.1) is 5.41 Å². The number of thiazole rings is 1. The summed E-state index contributed by atoms with van der Waals surface area (Å²) in [6.07, 6.45) is 5.45. The number of aromatic nitrogens is 1. The van der Waals surface area contributed by atoms with E-state index in [1.807, 2.05) is 16.5 Å². The molecule has 3 fully saturated rings. The Morgan fingerprint density at radius 2 is 1.88 bits per heavy atom. The van der Waals surface area contributed by atoms with Gasteiger partial charge in [0.05, 0.1) is 19.8 Å². The lowest BCUT2D eigenvalue weighted by Crippen LogP contribution is -2.48. The van der Waals surface area contributed by atoms with Gasteiger partial charge in [0.15, 0.2) is 0 Å². The van der Waals surface area contributed by atoms with E-state index in [0.29, 0.717) is 18.6 Å². The van der Waals surface area contributed by atoms with Crippen LogP contribution in [0.25, 0.3) is 0 Å². The van der Waals surface area contributed by atoms with Crippen molar-refractivity contribution in [3.63, 3.8) is 0 Å². The van der Waals surface area contributed by atoms with Gasteiger partial charge in [-0.15, -0.1) is 11.3 Å². The van der Waals surface area contributed by atoms with E-state index in [9.17, 15) is 4.79 Å². The van der Waals surface area contributed by atoms with E-state index in [0.717, 1.165) is 52.2 Å². The zero-order chi connectivity index (χ0) is 16.4. The highest BCUT2D eigenvalue weighted by Crippen LogP contribution is 2.41. The van der Waals surface area contributed by atoms with Gasteiger partial charge in [-0.05, 0) is 37.8 Å². The summed E-state index contributed by atoms with van der Waals surface area (Å²) in [7, 11) is 0. The van der Waals surface area contributed by atoms with Crippen molar-refractivity contribution in [3.8, 4) is 0 Å². The third-order valence-corrected chi connectivity index (χ3v) is 6.51. The molecule has 132 valence electrons. The summed E-state index contributed by atoms with van der Waals surface area (Å²) in [5, 5.41) is 3.26. The lowest BCUT2D eigenvalue weighted by atomic mass is 9.78. The first-order valence-corrected chi connectivity index (χ1v) is 9.84. The molecule has 0 aromatic carbocycles. The SMILES string of the molecule is O=C(N1CCOCC1)N1CCC2(CCN(Cc3nccs3)CC2)C1. The maximum Gasteiger partial charge on any atom is 0.320 e. The van der Waals surface area contributed by atoms with Gasteiger partial charge in [0.25, 0.3) is 0 Å². The van der Waals surface area contributed by atoms with Gasteiger partial charge in [0.2, 0.25) is 0 Å². The normalized spacial score (nSPS) is 24.7. The Labute approximate surface area is 147 Å². The molecular formula is C17H26N4O2S. The summed E-state index contributed by atoms with van der Waals surface area (Å²) >= 11 is 1.74. The number of likely N-dealkylation sites (tertiary alicyclic amines) is 2. The molecule has 0 N–H and O–H groups in total. The summed E-state index contributed by atoms with van der Waals surface area (Å²) in [6, 6.07) is 0.223. The second-order valence-electron chi connectivity index (χ2n) is 7.26.